The smallest absolute Gasteiger partial charge is 0.271 e. The first-order valence-corrected chi connectivity index (χ1v) is 12.9. The summed E-state index contributed by atoms with van der Waals surface area (Å²) in [5.41, 5.74) is 3.41. The number of nitriles is 1. The monoisotopic (exact) mass is 528 g/mol. The summed E-state index contributed by atoms with van der Waals surface area (Å²) in [6.07, 6.45) is 4.38. The molecule has 0 N–H and O–H groups in total. The molecular formula is C30H29ClN4O3. The summed E-state index contributed by atoms with van der Waals surface area (Å²) in [4.78, 5) is 27.5. The van der Waals surface area contributed by atoms with E-state index in [-0.39, 0.29) is 23.6 Å². The minimum absolute atomic E-state index is 0.0334. The van der Waals surface area contributed by atoms with Gasteiger partial charge in [-0.2, -0.15) is 10.4 Å². The molecule has 0 bridgehead atoms. The molecule has 3 aromatic rings. The van der Waals surface area contributed by atoms with Gasteiger partial charge in [-0.3, -0.25) is 14.5 Å². The standard InChI is InChI=1S/C30H29ClN4O3/c1-5-13-38-27-12-11-21(15-26(27)31)28-22(18-35(33-28)23-9-7-6-8-10-23)14-24-20(4)25(16-32)30(37)34(29(24)36)17-19(2)3/h6-12,14-15,18-19H,5,13,17H2,1-4H3/b24-14+. The lowest BCUT2D eigenvalue weighted by atomic mass is 9.92. The summed E-state index contributed by atoms with van der Waals surface area (Å²) in [6, 6.07) is 17.1. The van der Waals surface area contributed by atoms with Gasteiger partial charge in [0, 0.05) is 29.4 Å². The zero-order chi connectivity index (χ0) is 27.4. The van der Waals surface area contributed by atoms with Gasteiger partial charge in [0.05, 0.1) is 17.3 Å². The highest BCUT2D eigenvalue weighted by molar-refractivity contribution is 6.32. The second-order valence-electron chi connectivity index (χ2n) is 9.49. The molecule has 1 aliphatic rings. The number of hydrogen-bond acceptors (Lipinski definition) is 5. The first-order valence-electron chi connectivity index (χ1n) is 12.5. The van der Waals surface area contributed by atoms with Crippen LogP contribution >= 0.6 is 11.6 Å². The fourth-order valence-electron chi connectivity index (χ4n) is 4.22. The zero-order valence-electron chi connectivity index (χ0n) is 21.9. The lowest BCUT2D eigenvalue weighted by molar-refractivity contribution is -0.141. The maximum atomic E-state index is 13.5. The van der Waals surface area contributed by atoms with E-state index in [2.05, 4.69) is 0 Å². The average Bonchev–Trinajstić information content (AvgIpc) is 3.33. The molecule has 0 aliphatic carbocycles. The second-order valence-corrected chi connectivity index (χ2v) is 9.90. The van der Waals surface area contributed by atoms with Gasteiger partial charge >= 0.3 is 0 Å². The number of carbonyl (C=O) groups is 2. The number of amides is 2. The van der Waals surface area contributed by atoms with E-state index in [4.69, 9.17) is 21.4 Å². The van der Waals surface area contributed by atoms with Crippen molar-refractivity contribution in [1.82, 2.24) is 14.7 Å². The molecule has 2 amide bonds. The molecule has 0 spiro atoms. The highest BCUT2D eigenvalue weighted by atomic mass is 35.5. The van der Waals surface area contributed by atoms with Gasteiger partial charge in [-0.15, -0.1) is 0 Å². The van der Waals surface area contributed by atoms with E-state index >= 15 is 0 Å². The van der Waals surface area contributed by atoms with Gasteiger partial charge < -0.3 is 4.74 Å². The van der Waals surface area contributed by atoms with Crippen molar-refractivity contribution in [3.8, 4) is 28.8 Å². The van der Waals surface area contributed by atoms with E-state index in [1.165, 1.54) is 0 Å². The predicted molar refractivity (Wildman–Crippen MR) is 148 cm³/mol. The van der Waals surface area contributed by atoms with Crippen LogP contribution in [0.4, 0.5) is 0 Å². The molecular weight excluding hydrogens is 500 g/mol. The molecule has 0 saturated heterocycles. The Balaban J connectivity index is 1.89. The van der Waals surface area contributed by atoms with Gasteiger partial charge in [-0.05, 0) is 61.2 Å². The van der Waals surface area contributed by atoms with Crippen molar-refractivity contribution in [3.05, 3.63) is 82.0 Å². The lowest BCUT2D eigenvalue weighted by Crippen LogP contribution is -2.44. The third kappa shape index (κ3) is 5.41. The number of imide groups is 1. The van der Waals surface area contributed by atoms with E-state index < -0.39 is 11.8 Å². The van der Waals surface area contributed by atoms with Gasteiger partial charge in [0.25, 0.3) is 11.8 Å². The number of rotatable bonds is 8. The van der Waals surface area contributed by atoms with Crippen LogP contribution in [0.1, 0.15) is 39.7 Å². The first kappa shape index (κ1) is 26.9. The Bertz CT molecular complexity index is 1480. The number of halogens is 1. The highest BCUT2D eigenvalue weighted by Crippen LogP contribution is 2.34. The molecule has 7 nitrogen and oxygen atoms in total. The summed E-state index contributed by atoms with van der Waals surface area (Å²) in [7, 11) is 0. The number of hydrogen-bond donors (Lipinski definition) is 0. The molecule has 1 aliphatic heterocycles. The van der Waals surface area contributed by atoms with Crippen molar-refractivity contribution in [3.63, 3.8) is 0 Å². The van der Waals surface area contributed by atoms with Gasteiger partial charge in [0.15, 0.2) is 0 Å². The Labute approximate surface area is 227 Å². The molecule has 0 radical (unpaired) electrons. The molecule has 8 heteroatoms. The van der Waals surface area contributed by atoms with E-state index in [0.29, 0.717) is 34.2 Å². The molecule has 0 saturated carbocycles. The fraction of sp³-hybridized carbons (Fsp3) is 0.267. The van der Waals surface area contributed by atoms with Crippen LogP contribution in [0.5, 0.6) is 5.75 Å². The summed E-state index contributed by atoms with van der Waals surface area (Å²) in [5, 5.41) is 15.0. The predicted octanol–water partition coefficient (Wildman–Crippen LogP) is 6.23. The van der Waals surface area contributed by atoms with E-state index in [1.54, 1.807) is 29.8 Å². The molecule has 1 aromatic heterocycles. The van der Waals surface area contributed by atoms with Crippen molar-refractivity contribution < 1.29 is 14.3 Å². The second kappa shape index (κ2) is 11.5. The van der Waals surface area contributed by atoms with Crippen molar-refractivity contribution >= 4 is 29.5 Å². The largest absolute Gasteiger partial charge is 0.492 e. The van der Waals surface area contributed by atoms with Crippen molar-refractivity contribution in [2.45, 2.75) is 34.1 Å². The highest BCUT2D eigenvalue weighted by Gasteiger charge is 2.36. The number of ether oxygens (including phenoxy) is 1. The van der Waals surface area contributed by atoms with Crippen LogP contribution in [-0.2, 0) is 9.59 Å². The molecule has 194 valence electrons. The summed E-state index contributed by atoms with van der Waals surface area (Å²) in [6.45, 7) is 8.26. The van der Waals surface area contributed by atoms with E-state index in [0.717, 1.165) is 22.6 Å². The van der Waals surface area contributed by atoms with E-state index in [1.807, 2.05) is 69.4 Å². The topological polar surface area (TPSA) is 88.2 Å². The number of benzene rings is 2. The van der Waals surface area contributed by atoms with Crippen molar-refractivity contribution in [2.75, 3.05) is 13.2 Å². The molecule has 38 heavy (non-hydrogen) atoms. The maximum Gasteiger partial charge on any atom is 0.271 e. The Morgan fingerprint density at radius 2 is 1.87 bits per heavy atom. The normalized spacial score (nSPS) is 15.0. The Kier molecular flexibility index (Phi) is 8.13. The van der Waals surface area contributed by atoms with Crippen LogP contribution in [-0.4, -0.2) is 39.6 Å². The van der Waals surface area contributed by atoms with Gasteiger partial charge in [0.2, 0.25) is 0 Å². The quantitative estimate of drug-likeness (QED) is 0.255. The van der Waals surface area contributed by atoms with Crippen LogP contribution in [0.15, 0.2) is 71.4 Å². The first-order chi connectivity index (χ1) is 18.2. The lowest BCUT2D eigenvalue weighted by Gasteiger charge is -2.28. The maximum absolute atomic E-state index is 13.5. The van der Waals surface area contributed by atoms with Crippen molar-refractivity contribution in [1.29, 1.82) is 5.26 Å². The van der Waals surface area contributed by atoms with E-state index in [9.17, 15) is 14.9 Å². The fourth-order valence-corrected chi connectivity index (χ4v) is 4.46. The minimum Gasteiger partial charge on any atom is -0.492 e. The van der Waals surface area contributed by atoms with Crippen LogP contribution in [0.3, 0.4) is 0 Å². The third-order valence-corrected chi connectivity index (χ3v) is 6.40. The molecule has 0 unspecified atom stereocenters. The Morgan fingerprint density at radius 3 is 2.50 bits per heavy atom. The Morgan fingerprint density at radius 1 is 1.13 bits per heavy atom. The number of nitrogens with zero attached hydrogens (tertiary/aromatic N) is 4. The summed E-state index contributed by atoms with van der Waals surface area (Å²) in [5.74, 6) is -0.354. The minimum atomic E-state index is -0.560. The molecule has 4 rings (SSSR count). The third-order valence-electron chi connectivity index (χ3n) is 6.10. The van der Waals surface area contributed by atoms with Gasteiger partial charge in [-0.1, -0.05) is 50.6 Å². The number of aromatic nitrogens is 2. The van der Waals surface area contributed by atoms with Gasteiger partial charge in [-0.25, -0.2) is 4.68 Å². The molecule has 2 aromatic carbocycles. The van der Waals surface area contributed by atoms with Crippen LogP contribution in [0.25, 0.3) is 23.0 Å². The summed E-state index contributed by atoms with van der Waals surface area (Å²) >= 11 is 6.53. The molecule has 2 heterocycles. The average molecular weight is 529 g/mol. The van der Waals surface area contributed by atoms with Crippen molar-refractivity contribution in [2.24, 2.45) is 5.92 Å². The van der Waals surface area contributed by atoms with Crippen LogP contribution in [0, 0.1) is 17.2 Å². The number of carbonyl (C=O) groups excluding carboxylic acids is 2. The van der Waals surface area contributed by atoms with Crippen LogP contribution in [0.2, 0.25) is 5.02 Å². The molecule has 0 fully saturated rings. The summed E-state index contributed by atoms with van der Waals surface area (Å²) < 4.78 is 7.45. The van der Waals surface area contributed by atoms with Gasteiger partial charge in [0.1, 0.15) is 23.1 Å². The number of para-hydroxylation sites is 1. The van der Waals surface area contributed by atoms with Crippen LogP contribution < -0.4 is 4.74 Å². The zero-order valence-corrected chi connectivity index (χ0v) is 22.6. The molecule has 0 atom stereocenters. The Hall–Kier alpha value is -4.15. The SMILES string of the molecule is CCCOc1ccc(-c2nn(-c3ccccc3)cc2/C=C2/C(=O)N(CC(C)C)C(=O)C(C#N)=C2C)cc1Cl.